The van der Waals surface area contributed by atoms with Crippen molar-refractivity contribution < 1.29 is 24.2 Å². The molecule has 0 saturated carbocycles. The van der Waals surface area contributed by atoms with Crippen molar-refractivity contribution in [2.24, 2.45) is 17.8 Å². The zero-order valence-corrected chi connectivity index (χ0v) is 20.4. The summed E-state index contributed by atoms with van der Waals surface area (Å²) in [6.07, 6.45) is 1.09. The number of nitrogens with one attached hydrogen (secondary N) is 1. The van der Waals surface area contributed by atoms with Gasteiger partial charge in [0.15, 0.2) is 0 Å². The van der Waals surface area contributed by atoms with Crippen LogP contribution in [0.25, 0.3) is 11.1 Å². The molecule has 35 heavy (non-hydrogen) atoms. The second-order valence-electron chi connectivity index (χ2n) is 9.93. The van der Waals surface area contributed by atoms with E-state index in [-0.39, 0.29) is 43.2 Å². The highest BCUT2D eigenvalue weighted by Gasteiger charge is 2.31. The summed E-state index contributed by atoms with van der Waals surface area (Å²) in [4.78, 5) is 38.4. The summed E-state index contributed by atoms with van der Waals surface area (Å²) in [7, 11) is 0. The van der Waals surface area contributed by atoms with Gasteiger partial charge in [0.2, 0.25) is 5.91 Å². The topological polar surface area (TPSA) is 95.9 Å². The Labute approximate surface area is 206 Å². The number of ether oxygens (including phenoxy) is 1. The number of hydrogen-bond acceptors (Lipinski definition) is 4. The Morgan fingerprint density at radius 1 is 1.06 bits per heavy atom. The Morgan fingerprint density at radius 2 is 1.69 bits per heavy atom. The molecule has 0 bridgehead atoms. The number of aliphatic carboxylic acids is 1. The van der Waals surface area contributed by atoms with Crippen LogP contribution in [0.4, 0.5) is 4.79 Å². The first kappa shape index (κ1) is 24.8. The Kier molecular flexibility index (Phi) is 7.73. The van der Waals surface area contributed by atoms with Gasteiger partial charge in [0.25, 0.3) is 0 Å². The highest BCUT2D eigenvalue weighted by atomic mass is 16.5. The molecule has 2 unspecified atom stereocenters. The number of rotatable bonds is 8. The Balaban J connectivity index is 1.30. The number of amides is 2. The molecule has 2 aromatic carbocycles. The molecule has 1 fully saturated rings. The number of hydrogen-bond donors (Lipinski definition) is 2. The number of fused-ring (bicyclic) bond motifs is 3. The molecule has 1 aliphatic heterocycles. The van der Waals surface area contributed by atoms with E-state index in [9.17, 15) is 19.5 Å². The molecule has 0 spiro atoms. The molecule has 2 atom stereocenters. The maximum absolute atomic E-state index is 12.8. The fraction of sp³-hybridized carbons (Fsp3) is 0.464. The number of carboxylic acid groups (broad SMARTS) is 1. The molecule has 7 nitrogen and oxygen atoms in total. The second-order valence-corrected chi connectivity index (χ2v) is 9.93. The number of alkyl carbamates (subject to hydrolysis) is 1. The van der Waals surface area contributed by atoms with Gasteiger partial charge in [-0.1, -0.05) is 62.4 Å². The summed E-state index contributed by atoms with van der Waals surface area (Å²) < 4.78 is 5.62. The average Bonchev–Trinajstić information content (AvgIpc) is 3.18. The van der Waals surface area contributed by atoms with Crippen LogP contribution in [0.1, 0.15) is 50.2 Å². The Hall–Kier alpha value is -3.35. The minimum Gasteiger partial charge on any atom is -0.481 e. The molecule has 4 rings (SSSR count). The van der Waals surface area contributed by atoms with Crippen LogP contribution in [0.15, 0.2) is 48.5 Å². The SMILES string of the molecule is CC(C)C(CNC(=O)OCC1c2ccccc2-c2ccccc21)CC(=O)N1CCCC(C(=O)O)C1. The van der Waals surface area contributed by atoms with Crippen molar-refractivity contribution in [3.63, 3.8) is 0 Å². The number of carboxylic acids is 1. The number of piperidine rings is 1. The summed E-state index contributed by atoms with van der Waals surface area (Å²) in [5, 5.41) is 12.1. The van der Waals surface area contributed by atoms with E-state index in [1.807, 2.05) is 38.1 Å². The Morgan fingerprint density at radius 3 is 2.29 bits per heavy atom. The van der Waals surface area contributed by atoms with Crippen LogP contribution >= 0.6 is 0 Å². The standard InChI is InChI=1S/C28H34N2O5/c1-18(2)20(14-26(31)30-13-7-8-19(16-30)27(32)33)15-29-28(34)35-17-25-23-11-5-3-9-21(23)22-10-4-6-12-24(22)25/h3-6,9-12,18-20,25H,7-8,13-17H2,1-2H3,(H,29,34)(H,32,33). The minimum absolute atomic E-state index is 0.00286. The molecule has 0 radical (unpaired) electrons. The van der Waals surface area contributed by atoms with E-state index in [1.165, 1.54) is 11.1 Å². The van der Waals surface area contributed by atoms with Crippen LogP contribution in [0, 0.1) is 17.8 Å². The van der Waals surface area contributed by atoms with Gasteiger partial charge in [0.05, 0.1) is 5.92 Å². The van der Waals surface area contributed by atoms with E-state index in [0.29, 0.717) is 25.9 Å². The monoisotopic (exact) mass is 478 g/mol. The molecule has 2 aliphatic rings. The van der Waals surface area contributed by atoms with Gasteiger partial charge in [-0.15, -0.1) is 0 Å². The first-order chi connectivity index (χ1) is 16.8. The smallest absolute Gasteiger partial charge is 0.407 e. The third-order valence-electron chi connectivity index (χ3n) is 7.36. The van der Waals surface area contributed by atoms with Crippen molar-refractivity contribution in [3.8, 4) is 11.1 Å². The van der Waals surface area contributed by atoms with E-state index < -0.39 is 18.0 Å². The van der Waals surface area contributed by atoms with Gasteiger partial charge in [-0.05, 0) is 46.9 Å². The molecule has 2 aromatic rings. The van der Waals surface area contributed by atoms with Crippen LogP contribution in [-0.2, 0) is 14.3 Å². The molecule has 7 heteroatoms. The van der Waals surface area contributed by atoms with Gasteiger partial charge < -0.3 is 20.1 Å². The van der Waals surface area contributed by atoms with Crippen molar-refractivity contribution in [2.45, 2.75) is 39.0 Å². The van der Waals surface area contributed by atoms with Crippen LogP contribution in [0.3, 0.4) is 0 Å². The predicted molar refractivity (Wildman–Crippen MR) is 133 cm³/mol. The van der Waals surface area contributed by atoms with Crippen molar-refractivity contribution in [1.82, 2.24) is 10.2 Å². The summed E-state index contributed by atoms with van der Waals surface area (Å²) in [5.74, 6) is -1.29. The van der Waals surface area contributed by atoms with Crippen molar-refractivity contribution in [1.29, 1.82) is 0 Å². The number of nitrogens with zero attached hydrogens (tertiary/aromatic N) is 1. The molecule has 1 heterocycles. The van der Waals surface area contributed by atoms with Gasteiger partial charge in [-0.25, -0.2) is 4.79 Å². The maximum atomic E-state index is 12.8. The lowest BCUT2D eigenvalue weighted by Crippen LogP contribution is -2.44. The molecular formula is C28H34N2O5. The number of carbonyl (C=O) groups is 3. The van der Waals surface area contributed by atoms with Crippen LogP contribution in [0.2, 0.25) is 0 Å². The highest BCUT2D eigenvalue weighted by molar-refractivity contribution is 5.79. The first-order valence-electron chi connectivity index (χ1n) is 12.4. The lowest BCUT2D eigenvalue weighted by atomic mass is 9.91. The maximum Gasteiger partial charge on any atom is 0.407 e. The van der Waals surface area contributed by atoms with Crippen molar-refractivity contribution in [2.75, 3.05) is 26.2 Å². The quantitative estimate of drug-likeness (QED) is 0.582. The summed E-state index contributed by atoms with van der Waals surface area (Å²) >= 11 is 0. The van der Waals surface area contributed by atoms with Crippen molar-refractivity contribution >= 4 is 18.0 Å². The lowest BCUT2D eigenvalue weighted by molar-refractivity contribution is -0.146. The summed E-state index contributed by atoms with van der Waals surface area (Å²) in [6, 6.07) is 16.4. The van der Waals surface area contributed by atoms with Gasteiger partial charge in [0, 0.05) is 32.0 Å². The zero-order chi connectivity index (χ0) is 24.9. The van der Waals surface area contributed by atoms with E-state index in [0.717, 1.165) is 11.1 Å². The number of carbonyl (C=O) groups excluding carboxylic acids is 2. The number of benzene rings is 2. The number of likely N-dealkylation sites (tertiary alicyclic amines) is 1. The van der Waals surface area contributed by atoms with Gasteiger partial charge in [-0.2, -0.15) is 0 Å². The van der Waals surface area contributed by atoms with Gasteiger partial charge >= 0.3 is 12.1 Å². The molecule has 186 valence electrons. The normalized spacial score (nSPS) is 18.0. The third-order valence-corrected chi connectivity index (χ3v) is 7.36. The Bertz CT molecular complexity index is 1040. The van der Waals surface area contributed by atoms with E-state index in [4.69, 9.17) is 4.74 Å². The predicted octanol–water partition coefficient (Wildman–Crippen LogP) is 4.51. The fourth-order valence-electron chi connectivity index (χ4n) is 5.17. The molecule has 0 aromatic heterocycles. The summed E-state index contributed by atoms with van der Waals surface area (Å²) in [6.45, 7) is 5.47. The molecule has 1 saturated heterocycles. The van der Waals surface area contributed by atoms with Crippen LogP contribution in [-0.4, -0.2) is 54.2 Å². The first-order valence-corrected chi connectivity index (χ1v) is 12.4. The molecule has 1 aliphatic carbocycles. The molecule has 2 N–H and O–H groups in total. The van der Waals surface area contributed by atoms with Crippen LogP contribution in [0.5, 0.6) is 0 Å². The van der Waals surface area contributed by atoms with Gasteiger partial charge in [0.1, 0.15) is 6.61 Å². The molecule has 2 amide bonds. The zero-order valence-electron chi connectivity index (χ0n) is 20.4. The largest absolute Gasteiger partial charge is 0.481 e. The highest BCUT2D eigenvalue weighted by Crippen LogP contribution is 2.44. The minimum atomic E-state index is -0.847. The van der Waals surface area contributed by atoms with Crippen molar-refractivity contribution in [3.05, 3.63) is 59.7 Å². The van der Waals surface area contributed by atoms with E-state index in [1.54, 1.807) is 4.90 Å². The molecular weight excluding hydrogens is 444 g/mol. The lowest BCUT2D eigenvalue weighted by Gasteiger charge is -2.32. The fourth-order valence-corrected chi connectivity index (χ4v) is 5.17. The van der Waals surface area contributed by atoms with E-state index in [2.05, 4.69) is 29.6 Å². The van der Waals surface area contributed by atoms with Gasteiger partial charge in [-0.3, -0.25) is 9.59 Å². The van der Waals surface area contributed by atoms with Crippen LogP contribution < -0.4 is 5.32 Å². The average molecular weight is 479 g/mol. The van der Waals surface area contributed by atoms with E-state index >= 15 is 0 Å². The second kappa shape index (κ2) is 10.9. The summed E-state index contributed by atoms with van der Waals surface area (Å²) in [5.41, 5.74) is 4.68. The third kappa shape index (κ3) is 5.66.